The first-order chi connectivity index (χ1) is 13.1. The Balaban J connectivity index is 0.00000392. The van der Waals surface area contributed by atoms with E-state index in [1.165, 1.54) is 18.2 Å². The first-order valence-corrected chi connectivity index (χ1v) is 9.62. The van der Waals surface area contributed by atoms with E-state index in [0.29, 0.717) is 36.6 Å². The fourth-order valence-electron chi connectivity index (χ4n) is 3.02. The molecule has 6 nitrogen and oxygen atoms in total. The molecular weight excluding hydrogens is 472 g/mol. The molecule has 1 aromatic carbocycles. The highest BCUT2D eigenvalue weighted by Crippen LogP contribution is 2.12. The van der Waals surface area contributed by atoms with Gasteiger partial charge < -0.3 is 15.5 Å². The normalized spacial score (nSPS) is 14.7. The second-order valence-electron chi connectivity index (χ2n) is 6.58. The summed E-state index contributed by atoms with van der Waals surface area (Å²) < 4.78 is 13.9. The van der Waals surface area contributed by atoms with Gasteiger partial charge in [0.25, 0.3) is 0 Å². The molecule has 1 heterocycles. The van der Waals surface area contributed by atoms with Crippen LogP contribution in [0.2, 0.25) is 0 Å². The van der Waals surface area contributed by atoms with Crippen molar-refractivity contribution in [3.8, 4) is 6.07 Å². The molecule has 0 aromatic heterocycles. The van der Waals surface area contributed by atoms with E-state index in [9.17, 15) is 9.18 Å². The number of amides is 1. The van der Waals surface area contributed by atoms with Crippen LogP contribution in [0, 0.1) is 17.1 Å². The van der Waals surface area contributed by atoms with Crippen molar-refractivity contribution in [3.05, 3.63) is 35.1 Å². The second-order valence-corrected chi connectivity index (χ2v) is 6.58. The summed E-state index contributed by atoms with van der Waals surface area (Å²) in [7, 11) is 0. The van der Waals surface area contributed by atoms with Gasteiger partial charge in [0.15, 0.2) is 5.96 Å². The molecule has 2 N–H and O–H groups in total. The minimum Gasteiger partial charge on any atom is -0.357 e. The van der Waals surface area contributed by atoms with Gasteiger partial charge in [-0.05, 0) is 44.4 Å². The van der Waals surface area contributed by atoms with Crippen molar-refractivity contribution in [2.24, 2.45) is 4.99 Å². The van der Waals surface area contributed by atoms with E-state index in [0.717, 1.165) is 38.8 Å². The monoisotopic (exact) mass is 501 g/mol. The summed E-state index contributed by atoms with van der Waals surface area (Å²) in [4.78, 5) is 18.3. The number of rotatable bonds is 7. The minimum absolute atomic E-state index is 0. The lowest BCUT2D eigenvalue weighted by Crippen LogP contribution is -2.39. The van der Waals surface area contributed by atoms with Crippen LogP contribution >= 0.6 is 24.0 Å². The summed E-state index contributed by atoms with van der Waals surface area (Å²) in [5.41, 5.74) is 0.808. The third kappa shape index (κ3) is 8.00. The largest absolute Gasteiger partial charge is 0.357 e. The Morgan fingerprint density at radius 1 is 1.32 bits per heavy atom. The van der Waals surface area contributed by atoms with Crippen molar-refractivity contribution in [1.82, 2.24) is 15.5 Å². The number of nitrogens with zero attached hydrogens (tertiary/aromatic N) is 3. The predicted molar refractivity (Wildman–Crippen MR) is 119 cm³/mol. The Hall–Kier alpha value is -1.89. The summed E-state index contributed by atoms with van der Waals surface area (Å²) in [5.74, 6) is 0.482. The van der Waals surface area contributed by atoms with E-state index in [4.69, 9.17) is 5.26 Å². The van der Waals surface area contributed by atoms with Crippen molar-refractivity contribution >= 4 is 35.8 Å². The van der Waals surface area contributed by atoms with E-state index in [1.54, 1.807) is 0 Å². The van der Waals surface area contributed by atoms with Gasteiger partial charge in [-0.1, -0.05) is 6.42 Å². The van der Waals surface area contributed by atoms with Gasteiger partial charge in [-0.15, -0.1) is 24.0 Å². The molecule has 0 unspecified atom stereocenters. The van der Waals surface area contributed by atoms with Crippen molar-refractivity contribution in [1.29, 1.82) is 5.26 Å². The SMILES string of the molecule is CCNC(=NCc1cc(C#N)ccc1F)NCCCN1CCCCCC1=O.I. The number of carbonyl (C=O) groups excluding carboxylic acids is 1. The number of hydrogen-bond acceptors (Lipinski definition) is 3. The Kier molecular flexibility index (Phi) is 11.5. The lowest BCUT2D eigenvalue weighted by molar-refractivity contribution is -0.130. The molecular formula is C20H29FIN5O. The molecule has 0 radical (unpaired) electrons. The molecule has 2 rings (SSSR count). The predicted octanol–water partition coefficient (Wildman–Crippen LogP) is 3.16. The molecule has 1 amide bonds. The fraction of sp³-hybridized carbons (Fsp3) is 0.550. The van der Waals surface area contributed by atoms with Crippen LogP contribution in [-0.2, 0) is 11.3 Å². The molecule has 1 aliphatic rings. The topological polar surface area (TPSA) is 80.5 Å². The zero-order valence-corrected chi connectivity index (χ0v) is 18.7. The maximum Gasteiger partial charge on any atom is 0.222 e. The van der Waals surface area contributed by atoms with Crippen LogP contribution in [-0.4, -0.2) is 42.9 Å². The van der Waals surface area contributed by atoms with Gasteiger partial charge in [-0.3, -0.25) is 4.79 Å². The molecule has 0 bridgehead atoms. The van der Waals surface area contributed by atoms with Crippen molar-refractivity contribution in [2.75, 3.05) is 26.2 Å². The highest BCUT2D eigenvalue weighted by Gasteiger charge is 2.15. The summed E-state index contributed by atoms with van der Waals surface area (Å²) in [6.07, 6.45) is 4.69. The number of nitrogens with one attached hydrogen (secondary N) is 2. The van der Waals surface area contributed by atoms with Gasteiger partial charge in [0.1, 0.15) is 5.82 Å². The first kappa shape index (κ1) is 24.1. The summed E-state index contributed by atoms with van der Waals surface area (Å²) in [6, 6.07) is 6.28. The minimum atomic E-state index is -0.367. The van der Waals surface area contributed by atoms with Crippen LogP contribution in [0.1, 0.15) is 50.2 Å². The molecule has 28 heavy (non-hydrogen) atoms. The van der Waals surface area contributed by atoms with Crippen molar-refractivity contribution in [2.45, 2.75) is 45.6 Å². The number of likely N-dealkylation sites (tertiary alicyclic amines) is 1. The summed E-state index contributed by atoms with van der Waals surface area (Å²) in [6.45, 7) is 5.07. The number of hydrogen-bond donors (Lipinski definition) is 2. The first-order valence-electron chi connectivity index (χ1n) is 9.62. The molecule has 0 aliphatic carbocycles. The molecule has 1 fully saturated rings. The zero-order valence-electron chi connectivity index (χ0n) is 16.3. The lowest BCUT2D eigenvalue weighted by atomic mass is 10.1. The van der Waals surface area contributed by atoms with Crippen LogP contribution in [0.5, 0.6) is 0 Å². The molecule has 1 aliphatic heterocycles. The average Bonchev–Trinajstić information content (AvgIpc) is 2.88. The molecule has 154 valence electrons. The highest BCUT2D eigenvalue weighted by atomic mass is 127. The van der Waals surface area contributed by atoms with Crippen molar-refractivity contribution in [3.63, 3.8) is 0 Å². The Morgan fingerprint density at radius 2 is 2.14 bits per heavy atom. The van der Waals surface area contributed by atoms with E-state index in [-0.39, 0.29) is 42.2 Å². The number of benzene rings is 1. The third-order valence-electron chi connectivity index (χ3n) is 4.50. The van der Waals surface area contributed by atoms with Gasteiger partial charge in [-0.2, -0.15) is 5.26 Å². The van der Waals surface area contributed by atoms with E-state index in [1.807, 2.05) is 17.9 Å². The molecule has 1 aromatic rings. The van der Waals surface area contributed by atoms with Crippen LogP contribution in [0.25, 0.3) is 0 Å². The number of halogens is 2. The maximum atomic E-state index is 13.9. The van der Waals surface area contributed by atoms with Gasteiger partial charge in [0.05, 0.1) is 18.2 Å². The number of nitriles is 1. The van der Waals surface area contributed by atoms with Gasteiger partial charge in [-0.25, -0.2) is 9.38 Å². The number of guanidine groups is 1. The van der Waals surface area contributed by atoms with Gasteiger partial charge >= 0.3 is 0 Å². The van der Waals surface area contributed by atoms with Crippen LogP contribution in [0.15, 0.2) is 23.2 Å². The highest BCUT2D eigenvalue weighted by molar-refractivity contribution is 14.0. The quantitative estimate of drug-likeness (QED) is 0.261. The average molecular weight is 501 g/mol. The molecule has 0 saturated carbocycles. The molecule has 0 atom stereocenters. The molecule has 8 heteroatoms. The summed E-state index contributed by atoms with van der Waals surface area (Å²) >= 11 is 0. The maximum absolute atomic E-state index is 13.9. The molecule has 1 saturated heterocycles. The summed E-state index contributed by atoms with van der Waals surface area (Å²) in [5, 5.41) is 15.3. The number of aliphatic imine (C=N–C) groups is 1. The number of carbonyl (C=O) groups is 1. The fourth-order valence-corrected chi connectivity index (χ4v) is 3.02. The van der Waals surface area contributed by atoms with E-state index >= 15 is 0 Å². The van der Waals surface area contributed by atoms with E-state index < -0.39 is 0 Å². The Morgan fingerprint density at radius 3 is 2.89 bits per heavy atom. The van der Waals surface area contributed by atoms with Crippen LogP contribution in [0.3, 0.4) is 0 Å². The Bertz CT molecular complexity index is 704. The van der Waals surface area contributed by atoms with Crippen LogP contribution < -0.4 is 10.6 Å². The third-order valence-corrected chi connectivity index (χ3v) is 4.50. The smallest absolute Gasteiger partial charge is 0.222 e. The lowest BCUT2D eigenvalue weighted by Gasteiger charge is -2.20. The van der Waals surface area contributed by atoms with Gasteiger partial charge in [0.2, 0.25) is 5.91 Å². The van der Waals surface area contributed by atoms with Crippen molar-refractivity contribution < 1.29 is 9.18 Å². The molecule has 0 spiro atoms. The van der Waals surface area contributed by atoms with Gasteiger partial charge in [0, 0.05) is 38.2 Å². The zero-order chi connectivity index (χ0) is 19.5. The van der Waals surface area contributed by atoms with E-state index in [2.05, 4.69) is 15.6 Å². The second kappa shape index (κ2) is 13.3. The standard InChI is InChI=1S/C20H28FN5O.HI/c1-2-23-20(25-15-17-13-16(14-22)8-9-18(17)21)24-10-6-12-26-11-5-3-4-7-19(26)27;/h8-9,13H,2-7,10-12,15H2,1H3,(H2,23,24,25);1H. The van der Waals surface area contributed by atoms with Crippen LogP contribution in [0.4, 0.5) is 4.39 Å². The Labute approximate surface area is 183 Å².